The molecule has 26 heavy (non-hydrogen) atoms. The molecule has 3 N–H and O–H groups in total. The van der Waals surface area contributed by atoms with Crippen LogP contribution in [0.25, 0.3) is 22.0 Å². The first-order valence-corrected chi connectivity index (χ1v) is 8.88. The number of rotatable bonds is 3. The van der Waals surface area contributed by atoms with Crippen LogP contribution >= 0.6 is 0 Å². The van der Waals surface area contributed by atoms with Crippen LogP contribution in [-0.2, 0) is 4.79 Å². The van der Waals surface area contributed by atoms with Gasteiger partial charge in [0.2, 0.25) is 5.91 Å². The van der Waals surface area contributed by atoms with Gasteiger partial charge < -0.3 is 15.6 Å². The monoisotopic (exact) mass is 355 g/mol. The van der Waals surface area contributed by atoms with Gasteiger partial charge in [-0.1, -0.05) is 0 Å². The smallest absolute Gasteiger partial charge is 0.239 e. The Hall–Kier alpha value is -2.67. The molecule has 4 rings (SSSR count). The van der Waals surface area contributed by atoms with E-state index < -0.39 is 6.04 Å². The molecule has 0 saturated carbocycles. The SMILES string of the molecule is CC(N)C(=O)N1CCC(n2cc(-c3c[nH]c4cc(F)ccc34)cn2)CC1. The van der Waals surface area contributed by atoms with Crippen LogP contribution in [0.3, 0.4) is 0 Å². The number of hydrogen-bond acceptors (Lipinski definition) is 3. The van der Waals surface area contributed by atoms with E-state index in [1.165, 1.54) is 12.1 Å². The third kappa shape index (κ3) is 2.99. The summed E-state index contributed by atoms with van der Waals surface area (Å²) >= 11 is 0. The summed E-state index contributed by atoms with van der Waals surface area (Å²) < 4.78 is 15.3. The molecule has 3 aromatic rings. The number of fused-ring (bicyclic) bond motifs is 1. The summed E-state index contributed by atoms with van der Waals surface area (Å²) in [5, 5.41) is 5.50. The average Bonchev–Trinajstić information content (AvgIpc) is 3.27. The molecule has 0 aliphatic carbocycles. The maximum absolute atomic E-state index is 13.4. The topological polar surface area (TPSA) is 79.9 Å². The van der Waals surface area contributed by atoms with Crippen molar-refractivity contribution in [3.05, 3.63) is 42.6 Å². The number of benzene rings is 1. The number of nitrogens with two attached hydrogens (primary N) is 1. The standard InChI is InChI=1S/C19H22FN5O/c1-12(21)19(26)24-6-4-15(5-7-24)25-11-13(9-23-25)17-10-22-18-8-14(20)2-3-16(17)18/h2-3,8-12,15,22H,4-7,21H2,1H3. The Morgan fingerprint density at radius 2 is 2.15 bits per heavy atom. The lowest BCUT2D eigenvalue weighted by Crippen LogP contribution is -2.46. The lowest BCUT2D eigenvalue weighted by molar-refractivity contribution is -0.133. The van der Waals surface area contributed by atoms with Gasteiger partial charge in [-0.3, -0.25) is 9.48 Å². The van der Waals surface area contributed by atoms with Crippen molar-refractivity contribution < 1.29 is 9.18 Å². The van der Waals surface area contributed by atoms with Gasteiger partial charge in [0.05, 0.1) is 18.3 Å². The van der Waals surface area contributed by atoms with Crippen molar-refractivity contribution >= 4 is 16.8 Å². The maximum atomic E-state index is 13.4. The normalized spacial score (nSPS) is 17.0. The van der Waals surface area contributed by atoms with E-state index >= 15 is 0 Å². The summed E-state index contributed by atoms with van der Waals surface area (Å²) in [5.41, 5.74) is 8.47. The van der Waals surface area contributed by atoms with Crippen LogP contribution in [0, 0.1) is 5.82 Å². The fourth-order valence-electron chi connectivity index (χ4n) is 3.65. The molecule has 0 spiro atoms. The number of piperidine rings is 1. The molecule has 1 fully saturated rings. The van der Waals surface area contributed by atoms with Crippen molar-refractivity contribution in [3.63, 3.8) is 0 Å². The minimum Gasteiger partial charge on any atom is -0.360 e. The first kappa shape index (κ1) is 16.8. The van der Waals surface area contributed by atoms with E-state index in [0.29, 0.717) is 13.1 Å². The largest absolute Gasteiger partial charge is 0.360 e. The van der Waals surface area contributed by atoms with E-state index in [2.05, 4.69) is 10.1 Å². The number of nitrogens with one attached hydrogen (secondary N) is 1. The van der Waals surface area contributed by atoms with Crippen LogP contribution in [0.2, 0.25) is 0 Å². The van der Waals surface area contributed by atoms with Crippen LogP contribution in [0.1, 0.15) is 25.8 Å². The highest BCUT2D eigenvalue weighted by atomic mass is 19.1. The zero-order chi connectivity index (χ0) is 18.3. The summed E-state index contributed by atoms with van der Waals surface area (Å²) in [5.74, 6) is -0.245. The van der Waals surface area contributed by atoms with E-state index in [9.17, 15) is 9.18 Å². The second-order valence-electron chi connectivity index (χ2n) is 6.95. The third-order valence-corrected chi connectivity index (χ3v) is 5.10. The first-order valence-electron chi connectivity index (χ1n) is 8.88. The number of carbonyl (C=O) groups excluding carboxylic acids is 1. The maximum Gasteiger partial charge on any atom is 0.239 e. The van der Waals surface area contributed by atoms with Gasteiger partial charge >= 0.3 is 0 Å². The second kappa shape index (κ2) is 6.57. The van der Waals surface area contributed by atoms with Crippen molar-refractivity contribution in [1.82, 2.24) is 19.7 Å². The highest BCUT2D eigenvalue weighted by molar-refractivity contribution is 5.95. The number of carbonyl (C=O) groups is 1. The van der Waals surface area contributed by atoms with Crippen molar-refractivity contribution in [3.8, 4) is 11.1 Å². The molecular weight excluding hydrogens is 333 g/mol. The van der Waals surface area contributed by atoms with E-state index in [1.807, 2.05) is 28.2 Å². The number of aromatic nitrogens is 3. The fraction of sp³-hybridized carbons (Fsp3) is 0.368. The minimum absolute atomic E-state index is 0.00984. The van der Waals surface area contributed by atoms with Gasteiger partial charge in [0.15, 0.2) is 0 Å². The van der Waals surface area contributed by atoms with Crippen LogP contribution in [0.5, 0.6) is 0 Å². The molecule has 7 heteroatoms. The summed E-state index contributed by atoms with van der Waals surface area (Å²) in [6.07, 6.45) is 7.47. The van der Waals surface area contributed by atoms with Gasteiger partial charge in [-0.2, -0.15) is 5.10 Å². The lowest BCUT2D eigenvalue weighted by Gasteiger charge is -2.33. The van der Waals surface area contributed by atoms with Gasteiger partial charge in [-0.15, -0.1) is 0 Å². The number of H-pyrrole nitrogens is 1. The van der Waals surface area contributed by atoms with E-state index in [-0.39, 0.29) is 17.8 Å². The molecule has 1 aromatic carbocycles. The molecule has 1 amide bonds. The molecule has 1 atom stereocenters. The Morgan fingerprint density at radius 3 is 2.88 bits per heavy atom. The lowest BCUT2D eigenvalue weighted by atomic mass is 10.0. The number of likely N-dealkylation sites (tertiary alicyclic amines) is 1. The molecule has 0 radical (unpaired) electrons. The van der Waals surface area contributed by atoms with E-state index in [4.69, 9.17) is 5.73 Å². The fourth-order valence-corrected chi connectivity index (χ4v) is 3.65. The Morgan fingerprint density at radius 1 is 1.38 bits per heavy atom. The van der Waals surface area contributed by atoms with Crippen LogP contribution in [-0.4, -0.2) is 44.7 Å². The highest BCUT2D eigenvalue weighted by Crippen LogP contribution is 2.30. The number of halogens is 1. The zero-order valence-corrected chi connectivity index (χ0v) is 14.7. The van der Waals surface area contributed by atoms with Gasteiger partial charge in [-0.05, 0) is 38.0 Å². The van der Waals surface area contributed by atoms with Crippen LogP contribution in [0.15, 0.2) is 36.8 Å². The Bertz CT molecular complexity index is 936. The average molecular weight is 355 g/mol. The van der Waals surface area contributed by atoms with Gasteiger partial charge in [0, 0.05) is 47.5 Å². The molecule has 1 aliphatic rings. The Balaban J connectivity index is 1.51. The Labute approximate surface area is 150 Å². The summed E-state index contributed by atoms with van der Waals surface area (Å²) in [6, 6.07) is 4.56. The highest BCUT2D eigenvalue weighted by Gasteiger charge is 2.26. The molecule has 1 saturated heterocycles. The van der Waals surface area contributed by atoms with Gasteiger partial charge in [0.25, 0.3) is 0 Å². The Kier molecular flexibility index (Phi) is 4.24. The zero-order valence-electron chi connectivity index (χ0n) is 14.7. The first-order chi connectivity index (χ1) is 12.5. The van der Waals surface area contributed by atoms with Crippen LogP contribution in [0.4, 0.5) is 4.39 Å². The summed E-state index contributed by atoms with van der Waals surface area (Å²) in [6.45, 7) is 3.13. The second-order valence-corrected chi connectivity index (χ2v) is 6.95. The minimum atomic E-state index is -0.449. The van der Waals surface area contributed by atoms with Crippen LogP contribution < -0.4 is 5.73 Å². The van der Waals surface area contributed by atoms with Crippen molar-refractivity contribution in [2.24, 2.45) is 5.73 Å². The molecule has 2 aromatic heterocycles. The van der Waals surface area contributed by atoms with E-state index in [1.54, 1.807) is 13.0 Å². The third-order valence-electron chi connectivity index (χ3n) is 5.10. The predicted octanol–water partition coefficient (Wildman–Crippen LogP) is 2.68. The predicted molar refractivity (Wildman–Crippen MR) is 98.0 cm³/mol. The molecular formula is C19H22FN5O. The quantitative estimate of drug-likeness (QED) is 0.758. The molecule has 3 heterocycles. The molecule has 136 valence electrons. The molecule has 1 aliphatic heterocycles. The van der Waals surface area contributed by atoms with Crippen molar-refractivity contribution in [1.29, 1.82) is 0 Å². The summed E-state index contributed by atoms with van der Waals surface area (Å²) in [7, 11) is 0. The van der Waals surface area contributed by atoms with Gasteiger partial charge in [-0.25, -0.2) is 4.39 Å². The van der Waals surface area contributed by atoms with Crippen molar-refractivity contribution in [2.75, 3.05) is 13.1 Å². The number of hydrogen-bond donors (Lipinski definition) is 2. The molecule has 1 unspecified atom stereocenters. The van der Waals surface area contributed by atoms with E-state index in [0.717, 1.165) is 34.9 Å². The molecule has 6 nitrogen and oxygen atoms in total. The van der Waals surface area contributed by atoms with Crippen molar-refractivity contribution in [2.45, 2.75) is 31.8 Å². The summed E-state index contributed by atoms with van der Waals surface area (Å²) in [4.78, 5) is 16.9. The number of aromatic amines is 1. The number of amides is 1. The molecule has 0 bridgehead atoms. The number of nitrogens with zero attached hydrogens (tertiary/aromatic N) is 3. The van der Waals surface area contributed by atoms with Gasteiger partial charge in [0.1, 0.15) is 5.82 Å².